The van der Waals surface area contributed by atoms with Gasteiger partial charge in [0.15, 0.2) is 9.84 Å². The van der Waals surface area contributed by atoms with Crippen molar-refractivity contribution in [3.05, 3.63) is 24.3 Å². The van der Waals surface area contributed by atoms with Gasteiger partial charge in [-0.25, -0.2) is 8.42 Å². The molecule has 1 saturated carbocycles. The van der Waals surface area contributed by atoms with Gasteiger partial charge in [0.1, 0.15) is 0 Å². The predicted molar refractivity (Wildman–Crippen MR) is 82.0 cm³/mol. The largest absolute Gasteiger partial charge is 0.377 e. The Morgan fingerprint density at radius 2 is 2.14 bits per heavy atom. The van der Waals surface area contributed by atoms with Crippen molar-refractivity contribution in [2.24, 2.45) is 11.7 Å². The Balaban J connectivity index is 1.83. The van der Waals surface area contributed by atoms with Crippen LogP contribution in [0.5, 0.6) is 0 Å². The van der Waals surface area contributed by atoms with Gasteiger partial charge in [-0.3, -0.25) is 0 Å². The molecule has 0 aromatic heterocycles. The van der Waals surface area contributed by atoms with Gasteiger partial charge >= 0.3 is 0 Å². The molecule has 116 valence electrons. The number of hydrogen-bond donors (Lipinski definition) is 2. The Labute approximate surface area is 125 Å². The lowest BCUT2D eigenvalue weighted by atomic mass is 9.68. The van der Waals surface area contributed by atoms with Crippen molar-refractivity contribution in [1.82, 2.24) is 0 Å². The highest BCUT2D eigenvalue weighted by atomic mass is 32.2. The number of ether oxygens (including phenoxy) is 1. The van der Waals surface area contributed by atoms with E-state index in [4.69, 9.17) is 10.5 Å². The average molecular weight is 310 g/mol. The second-order valence-corrected chi connectivity index (χ2v) is 8.04. The molecule has 1 aromatic rings. The molecule has 1 saturated heterocycles. The second kappa shape index (κ2) is 5.59. The highest BCUT2D eigenvalue weighted by molar-refractivity contribution is 7.91. The summed E-state index contributed by atoms with van der Waals surface area (Å²) in [6, 6.07) is 7.03. The van der Waals surface area contributed by atoms with Gasteiger partial charge in [-0.2, -0.15) is 0 Å². The predicted octanol–water partition coefficient (Wildman–Crippen LogP) is 1.40. The first-order valence-corrected chi connectivity index (χ1v) is 9.15. The number of nitrogens with one attached hydrogen (secondary N) is 1. The summed E-state index contributed by atoms with van der Waals surface area (Å²) in [7, 11) is -3.25. The third-order valence-electron chi connectivity index (χ3n) is 4.60. The topological polar surface area (TPSA) is 81.4 Å². The SMILES string of the molecule is CCS(=O)(=O)c1ccccc1NC1C(N)C2CCCOC21. The molecular formula is C15H22N2O3S. The van der Waals surface area contributed by atoms with Gasteiger partial charge in [-0.1, -0.05) is 19.1 Å². The summed E-state index contributed by atoms with van der Waals surface area (Å²) in [5.74, 6) is 0.483. The molecule has 5 nitrogen and oxygen atoms in total. The summed E-state index contributed by atoms with van der Waals surface area (Å²) in [6.45, 7) is 2.42. The summed E-state index contributed by atoms with van der Waals surface area (Å²) in [5.41, 5.74) is 6.86. The summed E-state index contributed by atoms with van der Waals surface area (Å²) < 4.78 is 30.1. The van der Waals surface area contributed by atoms with E-state index in [2.05, 4.69) is 5.32 Å². The lowest BCUT2D eigenvalue weighted by Gasteiger charge is -2.52. The van der Waals surface area contributed by atoms with E-state index in [1.807, 2.05) is 6.07 Å². The molecule has 1 aliphatic carbocycles. The monoisotopic (exact) mass is 310 g/mol. The highest BCUT2D eigenvalue weighted by Gasteiger charge is 2.50. The van der Waals surface area contributed by atoms with Gasteiger partial charge in [-0.15, -0.1) is 0 Å². The van der Waals surface area contributed by atoms with Crippen molar-refractivity contribution in [1.29, 1.82) is 0 Å². The molecule has 4 atom stereocenters. The van der Waals surface area contributed by atoms with Crippen molar-refractivity contribution < 1.29 is 13.2 Å². The van der Waals surface area contributed by atoms with E-state index in [1.54, 1.807) is 25.1 Å². The smallest absolute Gasteiger partial charge is 0.180 e. The van der Waals surface area contributed by atoms with Crippen LogP contribution in [0.1, 0.15) is 19.8 Å². The Morgan fingerprint density at radius 3 is 2.90 bits per heavy atom. The molecule has 3 rings (SSSR count). The summed E-state index contributed by atoms with van der Waals surface area (Å²) in [5, 5.41) is 3.31. The Kier molecular flexibility index (Phi) is 3.94. The number of para-hydroxylation sites is 1. The maximum Gasteiger partial charge on any atom is 0.180 e. The molecule has 1 heterocycles. The van der Waals surface area contributed by atoms with E-state index in [0.717, 1.165) is 19.4 Å². The fourth-order valence-corrected chi connectivity index (χ4v) is 4.38. The third-order valence-corrected chi connectivity index (χ3v) is 6.39. The Hall–Kier alpha value is -1.11. The number of hydrogen-bond acceptors (Lipinski definition) is 5. The fourth-order valence-electron chi connectivity index (χ4n) is 3.32. The van der Waals surface area contributed by atoms with E-state index < -0.39 is 9.84 Å². The molecule has 0 amide bonds. The molecule has 0 spiro atoms. The van der Waals surface area contributed by atoms with Crippen LogP contribution < -0.4 is 11.1 Å². The van der Waals surface area contributed by atoms with Crippen molar-refractivity contribution in [2.45, 2.75) is 42.8 Å². The van der Waals surface area contributed by atoms with E-state index in [9.17, 15) is 8.42 Å². The fraction of sp³-hybridized carbons (Fsp3) is 0.600. The average Bonchev–Trinajstić information content (AvgIpc) is 2.52. The van der Waals surface area contributed by atoms with Crippen LogP contribution in [0.25, 0.3) is 0 Å². The van der Waals surface area contributed by atoms with Crippen LogP contribution in [0, 0.1) is 5.92 Å². The van der Waals surface area contributed by atoms with Crippen molar-refractivity contribution in [2.75, 3.05) is 17.7 Å². The van der Waals surface area contributed by atoms with E-state index >= 15 is 0 Å². The molecular weight excluding hydrogens is 288 g/mol. The number of rotatable bonds is 4. The van der Waals surface area contributed by atoms with Crippen LogP contribution in [0.2, 0.25) is 0 Å². The Bertz CT molecular complexity index is 617. The minimum absolute atomic E-state index is 0.0106. The van der Waals surface area contributed by atoms with E-state index in [0.29, 0.717) is 16.5 Å². The number of sulfone groups is 1. The molecule has 1 aliphatic heterocycles. The number of anilines is 1. The van der Waals surface area contributed by atoms with Gasteiger partial charge in [0, 0.05) is 18.6 Å². The number of nitrogens with two attached hydrogens (primary N) is 1. The van der Waals surface area contributed by atoms with E-state index in [1.165, 1.54) is 0 Å². The van der Waals surface area contributed by atoms with Crippen molar-refractivity contribution >= 4 is 15.5 Å². The van der Waals surface area contributed by atoms with Gasteiger partial charge in [0.05, 0.1) is 28.5 Å². The maximum atomic E-state index is 12.2. The second-order valence-electron chi connectivity index (χ2n) is 5.79. The zero-order chi connectivity index (χ0) is 15.0. The first kappa shape index (κ1) is 14.8. The van der Waals surface area contributed by atoms with Crippen molar-refractivity contribution in [3.8, 4) is 0 Å². The maximum absolute atomic E-state index is 12.2. The zero-order valence-corrected chi connectivity index (χ0v) is 13.0. The van der Waals surface area contributed by atoms with Crippen molar-refractivity contribution in [3.63, 3.8) is 0 Å². The van der Waals surface area contributed by atoms with Crippen LogP contribution in [-0.4, -0.2) is 39.0 Å². The van der Waals surface area contributed by atoms with Gasteiger partial charge in [0.2, 0.25) is 0 Å². The molecule has 3 N–H and O–H groups in total. The molecule has 2 fully saturated rings. The minimum Gasteiger partial charge on any atom is -0.377 e. The minimum atomic E-state index is -3.25. The molecule has 6 heteroatoms. The number of benzene rings is 1. The summed E-state index contributed by atoms with van der Waals surface area (Å²) in [4.78, 5) is 0.346. The van der Waals surface area contributed by atoms with Gasteiger partial charge in [-0.05, 0) is 25.0 Å². The molecule has 4 unspecified atom stereocenters. The molecule has 0 bridgehead atoms. The first-order valence-electron chi connectivity index (χ1n) is 7.50. The van der Waals surface area contributed by atoms with Crippen LogP contribution in [-0.2, 0) is 14.6 Å². The molecule has 0 radical (unpaired) electrons. The van der Waals surface area contributed by atoms with Crippen LogP contribution >= 0.6 is 0 Å². The number of fused-ring (bicyclic) bond motifs is 1. The highest BCUT2D eigenvalue weighted by Crippen LogP contribution is 2.39. The quantitative estimate of drug-likeness (QED) is 0.878. The normalized spacial score (nSPS) is 32.1. The lowest BCUT2D eigenvalue weighted by Crippen LogP contribution is -2.69. The van der Waals surface area contributed by atoms with E-state index in [-0.39, 0.29) is 23.9 Å². The summed E-state index contributed by atoms with van der Waals surface area (Å²) >= 11 is 0. The van der Waals surface area contributed by atoms with Gasteiger partial charge < -0.3 is 15.8 Å². The lowest BCUT2D eigenvalue weighted by molar-refractivity contribution is -0.104. The Morgan fingerprint density at radius 1 is 1.38 bits per heavy atom. The standard InChI is InChI=1S/C15H22N2O3S/c1-2-21(18,19)12-8-4-3-7-11(12)17-14-13(16)10-6-5-9-20-15(10)14/h3-4,7-8,10,13-15,17H,2,5-6,9,16H2,1H3. The molecule has 21 heavy (non-hydrogen) atoms. The third kappa shape index (κ3) is 2.56. The van der Waals surface area contributed by atoms with Crippen LogP contribution in [0.15, 0.2) is 29.2 Å². The molecule has 2 aliphatic rings. The van der Waals surface area contributed by atoms with Gasteiger partial charge in [0.25, 0.3) is 0 Å². The zero-order valence-electron chi connectivity index (χ0n) is 12.2. The van der Waals surface area contributed by atoms with Crippen LogP contribution in [0.4, 0.5) is 5.69 Å². The molecule has 1 aromatic carbocycles. The van der Waals surface area contributed by atoms with Crippen LogP contribution in [0.3, 0.4) is 0 Å². The summed E-state index contributed by atoms with van der Waals surface area (Å²) in [6.07, 6.45) is 2.26. The first-order chi connectivity index (χ1) is 10.0.